The van der Waals surface area contributed by atoms with Gasteiger partial charge in [0, 0.05) is 29.4 Å². The Morgan fingerprint density at radius 1 is 1.10 bits per heavy atom. The summed E-state index contributed by atoms with van der Waals surface area (Å²) in [6.07, 6.45) is 2.60. The van der Waals surface area contributed by atoms with Crippen LogP contribution in [0, 0.1) is 6.92 Å². The van der Waals surface area contributed by atoms with E-state index in [2.05, 4.69) is 43.1 Å². The summed E-state index contributed by atoms with van der Waals surface area (Å²) in [6, 6.07) is 14.2. The smallest absolute Gasteiger partial charge is 0.226 e. The molecule has 0 unspecified atom stereocenters. The van der Waals surface area contributed by atoms with Crippen LogP contribution in [0.15, 0.2) is 63.5 Å². The molecule has 3 aromatic heterocycles. The first-order valence-corrected chi connectivity index (χ1v) is 11.4. The molecule has 0 aliphatic carbocycles. The molecule has 4 aromatic rings. The fourth-order valence-corrected chi connectivity index (χ4v) is 4.58. The lowest BCUT2D eigenvalue weighted by Crippen LogP contribution is -2.37. The van der Waals surface area contributed by atoms with Crippen molar-refractivity contribution in [1.29, 1.82) is 0 Å². The summed E-state index contributed by atoms with van der Waals surface area (Å²) in [5.41, 5.74) is 2.87. The van der Waals surface area contributed by atoms with Crippen molar-refractivity contribution < 1.29 is 4.42 Å². The number of thiazole rings is 1. The zero-order chi connectivity index (χ0) is 20.8. The maximum Gasteiger partial charge on any atom is 0.226 e. The second kappa shape index (κ2) is 9.69. The van der Waals surface area contributed by atoms with Crippen LogP contribution < -0.4 is 10.6 Å². The largest absolute Gasteiger partial charge is 0.444 e. The molecule has 0 amide bonds. The van der Waals surface area contributed by atoms with E-state index < -0.39 is 0 Å². The Hall–Kier alpha value is -2.97. The molecule has 0 saturated carbocycles. The quantitative estimate of drug-likeness (QED) is 0.323. The molecule has 0 spiro atoms. The van der Waals surface area contributed by atoms with Gasteiger partial charge in [-0.25, -0.2) is 9.97 Å². The highest BCUT2D eigenvalue weighted by Gasteiger charge is 2.08. The molecule has 2 N–H and O–H groups in total. The van der Waals surface area contributed by atoms with E-state index >= 15 is 0 Å². The molecular weight excluding hydrogens is 414 g/mol. The number of nitrogens with zero attached hydrogens (tertiary/aromatic N) is 3. The molecule has 0 aliphatic rings. The molecule has 30 heavy (non-hydrogen) atoms. The molecule has 0 bridgehead atoms. The molecule has 1 aromatic carbocycles. The molecule has 0 saturated heterocycles. The maximum absolute atomic E-state index is 5.58. The molecule has 3 heterocycles. The molecule has 0 radical (unpaired) electrons. The highest BCUT2D eigenvalue weighted by molar-refractivity contribution is 7.16. The van der Waals surface area contributed by atoms with Crippen molar-refractivity contribution >= 4 is 28.6 Å². The van der Waals surface area contributed by atoms with Crippen molar-refractivity contribution in [3.8, 4) is 22.0 Å². The third-order valence-electron chi connectivity index (χ3n) is 4.43. The van der Waals surface area contributed by atoms with Crippen molar-refractivity contribution in [2.75, 3.05) is 13.6 Å². The molecule has 0 aliphatic heterocycles. The number of aryl methyl sites for hydroxylation is 1. The van der Waals surface area contributed by atoms with Gasteiger partial charge in [-0.1, -0.05) is 18.2 Å². The summed E-state index contributed by atoms with van der Waals surface area (Å²) in [5, 5.41) is 9.85. The topological polar surface area (TPSA) is 75.3 Å². The number of thiophene rings is 1. The molecule has 0 atom stereocenters. The number of guanidine groups is 1. The number of aliphatic imine (C=N–C) groups is 1. The molecule has 6 nitrogen and oxygen atoms in total. The van der Waals surface area contributed by atoms with Gasteiger partial charge in [0.05, 0.1) is 27.8 Å². The predicted octanol–water partition coefficient (Wildman–Crippen LogP) is 4.74. The Balaban J connectivity index is 1.25. The monoisotopic (exact) mass is 437 g/mol. The van der Waals surface area contributed by atoms with Crippen LogP contribution in [0.4, 0.5) is 0 Å². The third-order valence-corrected chi connectivity index (χ3v) is 6.37. The lowest BCUT2D eigenvalue weighted by molar-refractivity contribution is 0.572. The van der Waals surface area contributed by atoms with Gasteiger partial charge in [0.2, 0.25) is 5.89 Å². The highest BCUT2D eigenvalue weighted by atomic mass is 32.1. The van der Waals surface area contributed by atoms with Gasteiger partial charge in [-0.05, 0) is 37.6 Å². The van der Waals surface area contributed by atoms with Crippen molar-refractivity contribution in [1.82, 2.24) is 20.6 Å². The van der Waals surface area contributed by atoms with Crippen LogP contribution in [0.1, 0.15) is 15.6 Å². The van der Waals surface area contributed by atoms with Crippen molar-refractivity contribution in [2.24, 2.45) is 4.99 Å². The highest BCUT2D eigenvalue weighted by Crippen LogP contribution is 2.29. The second-order valence-electron chi connectivity index (χ2n) is 6.63. The number of oxazole rings is 1. The minimum atomic E-state index is 0.544. The van der Waals surface area contributed by atoms with Crippen molar-refractivity contribution in [3.63, 3.8) is 0 Å². The summed E-state index contributed by atoms with van der Waals surface area (Å²) in [5.74, 6) is 1.37. The van der Waals surface area contributed by atoms with E-state index in [9.17, 15) is 0 Å². The standard InChI is InChI=1S/C22H23N5OS2/c1-15-26-19(14-29-15)20-9-8-18(30-20)10-11-24-22(23-2)25-12-17-13-28-21(27-17)16-6-4-3-5-7-16/h3-9,13-14H,10-12H2,1-2H3,(H2,23,24,25). The third kappa shape index (κ3) is 5.14. The first-order valence-electron chi connectivity index (χ1n) is 9.67. The molecule has 154 valence electrons. The summed E-state index contributed by atoms with van der Waals surface area (Å²) < 4.78 is 5.58. The number of benzene rings is 1. The van der Waals surface area contributed by atoms with Gasteiger partial charge in [0.25, 0.3) is 0 Å². The fraction of sp³-hybridized carbons (Fsp3) is 0.227. The average molecular weight is 438 g/mol. The summed E-state index contributed by atoms with van der Waals surface area (Å²) in [6.45, 7) is 3.37. The fourth-order valence-electron chi connectivity index (χ4n) is 2.93. The average Bonchev–Trinajstić information content (AvgIpc) is 3.52. The van der Waals surface area contributed by atoms with Gasteiger partial charge < -0.3 is 15.1 Å². The minimum Gasteiger partial charge on any atom is -0.444 e. The second-order valence-corrected chi connectivity index (χ2v) is 8.86. The van der Waals surface area contributed by atoms with Crippen LogP contribution in [-0.2, 0) is 13.0 Å². The van der Waals surface area contributed by atoms with Crippen LogP contribution in [0.25, 0.3) is 22.0 Å². The van der Waals surface area contributed by atoms with E-state index in [1.807, 2.05) is 37.3 Å². The SMILES string of the molecule is CN=C(NCCc1ccc(-c2csc(C)n2)s1)NCc1coc(-c2ccccc2)n1. The Kier molecular flexibility index (Phi) is 6.56. The van der Waals surface area contributed by atoms with Crippen molar-refractivity contribution in [2.45, 2.75) is 19.9 Å². The molecule has 8 heteroatoms. The van der Waals surface area contributed by atoms with Crippen LogP contribution in [0.3, 0.4) is 0 Å². The van der Waals surface area contributed by atoms with E-state index in [0.717, 1.165) is 40.9 Å². The van der Waals surface area contributed by atoms with Crippen LogP contribution in [0.5, 0.6) is 0 Å². The van der Waals surface area contributed by atoms with Gasteiger partial charge in [0.15, 0.2) is 5.96 Å². The van der Waals surface area contributed by atoms with Gasteiger partial charge in [-0.15, -0.1) is 22.7 Å². The summed E-state index contributed by atoms with van der Waals surface area (Å²) >= 11 is 3.48. The number of hydrogen-bond donors (Lipinski definition) is 2. The van der Waals surface area contributed by atoms with E-state index in [-0.39, 0.29) is 0 Å². The minimum absolute atomic E-state index is 0.544. The maximum atomic E-state index is 5.58. The van der Waals surface area contributed by atoms with Gasteiger partial charge in [-0.2, -0.15) is 0 Å². The summed E-state index contributed by atoms with van der Waals surface area (Å²) in [7, 11) is 1.77. The number of rotatable bonds is 7. The molecule has 0 fully saturated rings. The number of aromatic nitrogens is 2. The van der Waals surface area contributed by atoms with Crippen LogP contribution in [-0.4, -0.2) is 29.5 Å². The lowest BCUT2D eigenvalue weighted by Gasteiger charge is -2.10. The zero-order valence-electron chi connectivity index (χ0n) is 16.9. The Morgan fingerprint density at radius 2 is 1.97 bits per heavy atom. The zero-order valence-corrected chi connectivity index (χ0v) is 18.5. The van der Waals surface area contributed by atoms with E-state index in [1.54, 1.807) is 36.0 Å². The van der Waals surface area contributed by atoms with Crippen molar-refractivity contribution in [3.05, 3.63) is 69.7 Å². The van der Waals surface area contributed by atoms with E-state index in [4.69, 9.17) is 4.42 Å². The predicted molar refractivity (Wildman–Crippen MR) is 124 cm³/mol. The number of hydrogen-bond acceptors (Lipinski definition) is 6. The number of nitrogens with one attached hydrogen (secondary N) is 2. The Bertz CT molecular complexity index is 1110. The van der Waals surface area contributed by atoms with E-state index in [0.29, 0.717) is 12.4 Å². The van der Waals surface area contributed by atoms with E-state index in [1.165, 1.54) is 9.75 Å². The Morgan fingerprint density at radius 3 is 2.73 bits per heavy atom. The van der Waals surface area contributed by atoms with Gasteiger partial charge >= 0.3 is 0 Å². The summed E-state index contributed by atoms with van der Waals surface area (Å²) in [4.78, 5) is 15.9. The lowest BCUT2D eigenvalue weighted by atomic mass is 10.2. The van der Waals surface area contributed by atoms with Gasteiger partial charge in [0.1, 0.15) is 6.26 Å². The first-order chi connectivity index (χ1) is 14.7. The molecule has 4 rings (SSSR count). The van der Waals surface area contributed by atoms with Gasteiger partial charge in [-0.3, -0.25) is 4.99 Å². The van der Waals surface area contributed by atoms with Crippen LogP contribution in [0.2, 0.25) is 0 Å². The Labute approximate surface area is 183 Å². The normalized spacial score (nSPS) is 11.6. The van der Waals surface area contributed by atoms with Crippen LogP contribution >= 0.6 is 22.7 Å². The molecular formula is C22H23N5OS2. The first kappa shape index (κ1) is 20.3.